The molecular weight excluding hydrogens is 438 g/mol. The number of hydrogen-bond donors (Lipinski definition) is 0. The lowest BCUT2D eigenvalue weighted by atomic mass is 10.1. The molecule has 2 aliphatic heterocycles. The zero-order chi connectivity index (χ0) is 22.8. The topological polar surface area (TPSA) is 92.5 Å². The highest BCUT2D eigenvalue weighted by atomic mass is 35.5. The van der Waals surface area contributed by atoms with Crippen LogP contribution in [0.2, 0.25) is 5.02 Å². The van der Waals surface area contributed by atoms with Crippen molar-refractivity contribution in [2.24, 2.45) is 5.92 Å². The molecule has 1 aromatic heterocycles. The number of carbonyl (C=O) groups excluding carboxylic acids is 3. The van der Waals surface area contributed by atoms with Gasteiger partial charge in [0.2, 0.25) is 11.8 Å². The van der Waals surface area contributed by atoms with E-state index in [4.69, 9.17) is 25.5 Å². The second-order valence-electron chi connectivity index (χ2n) is 7.66. The van der Waals surface area contributed by atoms with Crippen LogP contribution in [-0.2, 0) is 9.59 Å². The largest absolute Gasteiger partial charge is 0.495 e. The van der Waals surface area contributed by atoms with Crippen molar-refractivity contribution in [3.8, 4) is 11.5 Å². The van der Waals surface area contributed by atoms with E-state index in [0.717, 1.165) is 0 Å². The number of anilines is 1. The highest BCUT2D eigenvalue weighted by molar-refractivity contribution is 6.32. The number of ether oxygens (including phenoxy) is 2. The van der Waals surface area contributed by atoms with Gasteiger partial charge in [-0.1, -0.05) is 11.6 Å². The average molecular weight is 462 g/mol. The summed E-state index contributed by atoms with van der Waals surface area (Å²) in [6, 6.07) is 6.53. The van der Waals surface area contributed by atoms with E-state index in [2.05, 4.69) is 0 Å². The van der Waals surface area contributed by atoms with E-state index in [1.165, 1.54) is 25.4 Å². The van der Waals surface area contributed by atoms with Gasteiger partial charge in [0.05, 0.1) is 37.1 Å². The number of halogens is 1. The maximum absolute atomic E-state index is 13.1. The molecule has 1 atom stereocenters. The number of rotatable bonds is 5. The van der Waals surface area contributed by atoms with E-state index >= 15 is 0 Å². The van der Waals surface area contributed by atoms with Crippen LogP contribution in [0.3, 0.4) is 0 Å². The number of furan rings is 1. The Kier molecular flexibility index (Phi) is 6.27. The Bertz CT molecular complexity index is 1020. The van der Waals surface area contributed by atoms with Gasteiger partial charge in [0, 0.05) is 45.2 Å². The van der Waals surface area contributed by atoms with Gasteiger partial charge in [-0.2, -0.15) is 0 Å². The number of hydrogen-bond acceptors (Lipinski definition) is 6. The molecule has 0 spiro atoms. The van der Waals surface area contributed by atoms with Crippen LogP contribution >= 0.6 is 11.6 Å². The number of benzene rings is 1. The predicted octanol–water partition coefficient (Wildman–Crippen LogP) is 2.29. The summed E-state index contributed by atoms with van der Waals surface area (Å²) < 4.78 is 15.8. The third-order valence-corrected chi connectivity index (χ3v) is 6.12. The van der Waals surface area contributed by atoms with Gasteiger partial charge in [-0.3, -0.25) is 14.4 Å². The number of carbonyl (C=O) groups is 3. The monoisotopic (exact) mass is 461 g/mol. The van der Waals surface area contributed by atoms with Crippen molar-refractivity contribution in [2.45, 2.75) is 6.42 Å². The molecule has 0 bridgehead atoms. The Balaban J connectivity index is 1.41. The minimum atomic E-state index is -0.472. The first kappa shape index (κ1) is 22.0. The van der Waals surface area contributed by atoms with E-state index in [9.17, 15) is 14.4 Å². The molecule has 1 unspecified atom stereocenters. The van der Waals surface area contributed by atoms with Crippen LogP contribution < -0.4 is 14.4 Å². The molecule has 10 heteroatoms. The smallest absolute Gasteiger partial charge is 0.289 e. The van der Waals surface area contributed by atoms with Gasteiger partial charge >= 0.3 is 0 Å². The van der Waals surface area contributed by atoms with Gasteiger partial charge in [0.1, 0.15) is 11.5 Å². The van der Waals surface area contributed by atoms with Crippen LogP contribution in [-0.4, -0.2) is 74.5 Å². The van der Waals surface area contributed by atoms with Crippen molar-refractivity contribution in [1.82, 2.24) is 9.80 Å². The Morgan fingerprint density at radius 3 is 2.38 bits per heavy atom. The fourth-order valence-electron chi connectivity index (χ4n) is 4.11. The third kappa shape index (κ3) is 4.12. The molecule has 2 fully saturated rings. The van der Waals surface area contributed by atoms with Crippen molar-refractivity contribution in [1.29, 1.82) is 0 Å². The first-order valence-corrected chi connectivity index (χ1v) is 10.6. The predicted molar refractivity (Wildman–Crippen MR) is 116 cm³/mol. The maximum Gasteiger partial charge on any atom is 0.289 e. The summed E-state index contributed by atoms with van der Waals surface area (Å²) in [5.74, 6) is 0.243. The van der Waals surface area contributed by atoms with Crippen molar-refractivity contribution < 1.29 is 28.3 Å². The minimum absolute atomic E-state index is 0.0930. The first-order valence-electron chi connectivity index (χ1n) is 10.3. The second-order valence-corrected chi connectivity index (χ2v) is 8.07. The summed E-state index contributed by atoms with van der Waals surface area (Å²) in [6.07, 6.45) is 1.57. The number of piperazine rings is 1. The quantitative estimate of drug-likeness (QED) is 0.678. The van der Waals surface area contributed by atoms with Crippen molar-refractivity contribution in [2.75, 3.05) is 51.8 Å². The van der Waals surface area contributed by atoms with Gasteiger partial charge < -0.3 is 28.6 Å². The molecule has 170 valence electrons. The summed E-state index contributed by atoms with van der Waals surface area (Å²) >= 11 is 6.25. The van der Waals surface area contributed by atoms with Crippen LogP contribution in [0.25, 0.3) is 0 Å². The van der Waals surface area contributed by atoms with E-state index < -0.39 is 5.92 Å². The minimum Gasteiger partial charge on any atom is -0.495 e. The second kappa shape index (κ2) is 9.12. The molecule has 0 radical (unpaired) electrons. The van der Waals surface area contributed by atoms with E-state index in [0.29, 0.717) is 48.4 Å². The fourth-order valence-corrected chi connectivity index (χ4v) is 4.34. The molecule has 2 aliphatic rings. The van der Waals surface area contributed by atoms with Crippen molar-refractivity contribution in [3.63, 3.8) is 0 Å². The molecule has 0 aliphatic carbocycles. The van der Waals surface area contributed by atoms with Crippen molar-refractivity contribution >= 4 is 35.0 Å². The molecule has 3 amide bonds. The van der Waals surface area contributed by atoms with Gasteiger partial charge in [0.25, 0.3) is 5.91 Å². The zero-order valence-electron chi connectivity index (χ0n) is 17.9. The van der Waals surface area contributed by atoms with Gasteiger partial charge in [0.15, 0.2) is 5.76 Å². The molecule has 9 nitrogen and oxygen atoms in total. The average Bonchev–Trinajstić information content (AvgIpc) is 3.48. The van der Waals surface area contributed by atoms with Crippen LogP contribution in [0.5, 0.6) is 11.5 Å². The van der Waals surface area contributed by atoms with Gasteiger partial charge in [-0.15, -0.1) is 0 Å². The van der Waals surface area contributed by atoms with E-state index in [1.54, 1.807) is 34.1 Å². The maximum atomic E-state index is 13.1. The normalized spacial score (nSPS) is 18.8. The van der Waals surface area contributed by atoms with E-state index in [1.807, 2.05) is 0 Å². The molecule has 4 rings (SSSR count). The number of nitrogens with zero attached hydrogens (tertiary/aromatic N) is 3. The Hall–Kier alpha value is -3.20. The molecule has 2 aromatic rings. The van der Waals surface area contributed by atoms with Crippen molar-refractivity contribution in [3.05, 3.63) is 41.3 Å². The summed E-state index contributed by atoms with van der Waals surface area (Å²) in [7, 11) is 3.00. The zero-order valence-corrected chi connectivity index (χ0v) is 18.6. The molecule has 2 saturated heterocycles. The highest BCUT2D eigenvalue weighted by Crippen LogP contribution is 2.40. The molecular formula is C22H24ClN3O6. The summed E-state index contributed by atoms with van der Waals surface area (Å²) in [6.45, 7) is 1.89. The van der Waals surface area contributed by atoms with Gasteiger partial charge in [-0.25, -0.2) is 0 Å². The summed E-state index contributed by atoms with van der Waals surface area (Å²) in [4.78, 5) is 43.2. The Morgan fingerprint density at radius 2 is 1.75 bits per heavy atom. The summed E-state index contributed by atoms with van der Waals surface area (Å²) in [5, 5.41) is 0.350. The lowest BCUT2D eigenvalue weighted by Gasteiger charge is -2.35. The Labute approximate surface area is 190 Å². The van der Waals surface area contributed by atoms with Crippen LogP contribution in [0, 0.1) is 5.92 Å². The SMILES string of the molecule is COc1cc(OC)c(N2CC(C(=O)N3CCN(C(=O)c4ccco4)CC3)CC2=O)cc1Cl. The van der Waals surface area contributed by atoms with Crippen LogP contribution in [0.1, 0.15) is 17.0 Å². The molecule has 0 N–H and O–H groups in total. The Morgan fingerprint density at radius 1 is 1.06 bits per heavy atom. The molecule has 32 heavy (non-hydrogen) atoms. The summed E-state index contributed by atoms with van der Waals surface area (Å²) in [5.41, 5.74) is 0.507. The number of amides is 3. The third-order valence-electron chi connectivity index (χ3n) is 5.83. The standard InChI is InChI=1S/C22H24ClN3O6/c1-30-18-12-19(31-2)16(11-15(18)23)26-13-14(10-20(26)27)21(28)24-5-7-25(8-6-24)22(29)17-4-3-9-32-17/h3-4,9,11-12,14H,5-8,10,13H2,1-2H3. The first-order chi connectivity index (χ1) is 15.4. The molecule has 3 heterocycles. The van der Waals surface area contributed by atoms with Crippen LogP contribution in [0.15, 0.2) is 34.9 Å². The lowest BCUT2D eigenvalue weighted by Crippen LogP contribution is -2.52. The lowest BCUT2D eigenvalue weighted by molar-refractivity contribution is -0.137. The van der Waals surface area contributed by atoms with E-state index in [-0.39, 0.29) is 36.4 Å². The molecule has 1 aromatic carbocycles. The van der Waals surface area contributed by atoms with Crippen LogP contribution in [0.4, 0.5) is 5.69 Å². The molecule has 0 saturated carbocycles. The highest BCUT2D eigenvalue weighted by Gasteiger charge is 2.39. The fraction of sp³-hybridized carbons (Fsp3) is 0.409. The van der Waals surface area contributed by atoms with Gasteiger partial charge in [-0.05, 0) is 18.2 Å². The number of methoxy groups -OCH3 is 2.